The molecule has 1 aliphatic rings. The van der Waals surface area contributed by atoms with Gasteiger partial charge < -0.3 is 5.73 Å². The predicted octanol–water partition coefficient (Wildman–Crippen LogP) is 4.12. The van der Waals surface area contributed by atoms with E-state index in [0.717, 1.165) is 33.4 Å². The highest BCUT2D eigenvalue weighted by Crippen LogP contribution is 2.38. The first-order valence-corrected chi connectivity index (χ1v) is 8.63. The number of nitrogens with zero attached hydrogens (tertiary/aromatic N) is 2. The molecule has 2 heterocycles. The predicted molar refractivity (Wildman–Crippen MR) is 90.8 cm³/mol. The minimum Gasteiger partial charge on any atom is -0.383 e. The Bertz CT molecular complexity index is 841. The lowest BCUT2D eigenvalue weighted by Crippen LogP contribution is -2.02. The van der Waals surface area contributed by atoms with Crippen LogP contribution in [0.5, 0.6) is 0 Å². The molecule has 21 heavy (non-hydrogen) atoms. The quantitative estimate of drug-likeness (QED) is 0.748. The molecule has 5 heteroatoms. The van der Waals surface area contributed by atoms with E-state index in [1.165, 1.54) is 22.4 Å². The van der Waals surface area contributed by atoms with Gasteiger partial charge in [-0.05, 0) is 36.5 Å². The third-order valence-electron chi connectivity index (χ3n) is 3.95. The van der Waals surface area contributed by atoms with E-state index >= 15 is 0 Å². The number of fused-ring (bicyclic) bond motifs is 3. The smallest absolute Gasteiger partial charge is 0.136 e. The fourth-order valence-electron chi connectivity index (χ4n) is 2.96. The largest absolute Gasteiger partial charge is 0.383 e. The third kappa shape index (κ3) is 2.24. The van der Waals surface area contributed by atoms with Crippen molar-refractivity contribution >= 4 is 43.3 Å². The van der Waals surface area contributed by atoms with E-state index in [-0.39, 0.29) is 0 Å². The molecule has 106 valence electrons. The summed E-state index contributed by atoms with van der Waals surface area (Å²) in [5, 5.41) is 1.10. The SMILES string of the molecule is Nc1nc(Cc2ccccc2Br)nc2sc3c(c12)CCC3. The molecule has 0 bridgehead atoms. The Balaban J connectivity index is 1.79. The summed E-state index contributed by atoms with van der Waals surface area (Å²) in [7, 11) is 0. The Labute approximate surface area is 135 Å². The Hall–Kier alpha value is -1.46. The fraction of sp³-hybridized carbons (Fsp3) is 0.250. The molecule has 0 atom stereocenters. The summed E-state index contributed by atoms with van der Waals surface area (Å²) in [5.41, 5.74) is 8.78. The average molecular weight is 360 g/mol. The van der Waals surface area contributed by atoms with Crippen LogP contribution in [-0.4, -0.2) is 9.97 Å². The first kappa shape index (κ1) is 13.2. The Morgan fingerprint density at radius 2 is 2.05 bits per heavy atom. The number of rotatable bonds is 2. The van der Waals surface area contributed by atoms with Crippen molar-refractivity contribution in [3.63, 3.8) is 0 Å². The van der Waals surface area contributed by atoms with Gasteiger partial charge in [0.25, 0.3) is 0 Å². The Morgan fingerprint density at radius 1 is 1.19 bits per heavy atom. The van der Waals surface area contributed by atoms with E-state index in [9.17, 15) is 0 Å². The van der Waals surface area contributed by atoms with Crippen LogP contribution in [0.25, 0.3) is 10.2 Å². The van der Waals surface area contributed by atoms with Gasteiger partial charge in [0.15, 0.2) is 0 Å². The van der Waals surface area contributed by atoms with Gasteiger partial charge in [0, 0.05) is 15.8 Å². The lowest BCUT2D eigenvalue weighted by Gasteiger charge is -2.05. The number of aromatic nitrogens is 2. The molecule has 0 unspecified atom stereocenters. The van der Waals surface area contributed by atoms with Crippen molar-refractivity contribution in [2.24, 2.45) is 0 Å². The number of halogens is 1. The minimum absolute atomic E-state index is 0.640. The summed E-state index contributed by atoms with van der Waals surface area (Å²) in [6.07, 6.45) is 4.21. The van der Waals surface area contributed by atoms with Crippen molar-refractivity contribution in [1.82, 2.24) is 9.97 Å². The first-order chi connectivity index (χ1) is 10.2. The number of aryl methyl sites for hydroxylation is 2. The van der Waals surface area contributed by atoms with Gasteiger partial charge in [0.05, 0.1) is 5.39 Å². The molecule has 0 aliphatic heterocycles. The molecular weight excluding hydrogens is 346 g/mol. The fourth-order valence-corrected chi connectivity index (χ4v) is 4.67. The van der Waals surface area contributed by atoms with E-state index in [4.69, 9.17) is 10.7 Å². The molecule has 0 radical (unpaired) electrons. The van der Waals surface area contributed by atoms with Gasteiger partial charge in [-0.25, -0.2) is 9.97 Å². The second-order valence-electron chi connectivity index (χ2n) is 5.33. The topological polar surface area (TPSA) is 51.8 Å². The average Bonchev–Trinajstić information content (AvgIpc) is 3.01. The third-order valence-corrected chi connectivity index (χ3v) is 5.90. The van der Waals surface area contributed by atoms with Gasteiger partial charge in [-0.3, -0.25) is 0 Å². The van der Waals surface area contributed by atoms with Crippen LogP contribution in [0.2, 0.25) is 0 Å². The molecular formula is C16H14BrN3S. The molecule has 0 saturated heterocycles. The van der Waals surface area contributed by atoms with Crippen molar-refractivity contribution < 1.29 is 0 Å². The molecule has 0 spiro atoms. The number of hydrogen-bond acceptors (Lipinski definition) is 4. The molecule has 0 amide bonds. The zero-order chi connectivity index (χ0) is 14.4. The number of nitrogens with two attached hydrogens (primary N) is 1. The zero-order valence-corrected chi connectivity index (χ0v) is 13.8. The number of thiophene rings is 1. The Morgan fingerprint density at radius 3 is 2.90 bits per heavy atom. The van der Waals surface area contributed by atoms with Crippen LogP contribution in [-0.2, 0) is 19.3 Å². The second-order valence-corrected chi connectivity index (χ2v) is 7.27. The number of nitrogen functional groups attached to an aromatic ring is 1. The zero-order valence-electron chi connectivity index (χ0n) is 11.4. The Kier molecular flexibility index (Phi) is 3.19. The lowest BCUT2D eigenvalue weighted by molar-refractivity contribution is 0.916. The summed E-state index contributed by atoms with van der Waals surface area (Å²) in [6.45, 7) is 0. The van der Waals surface area contributed by atoms with Crippen molar-refractivity contribution in [2.45, 2.75) is 25.7 Å². The second kappa shape index (κ2) is 5.07. The van der Waals surface area contributed by atoms with E-state index in [0.29, 0.717) is 12.2 Å². The highest BCUT2D eigenvalue weighted by Gasteiger charge is 2.21. The van der Waals surface area contributed by atoms with Gasteiger partial charge in [0.2, 0.25) is 0 Å². The standard InChI is InChI=1S/C16H14BrN3S/c17-11-6-2-1-4-9(11)8-13-19-15(18)14-10-5-3-7-12(10)21-16(14)20-13/h1-2,4,6H,3,5,7-8H2,(H2,18,19,20). The van der Waals surface area contributed by atoms with E-state index in [1.54, 1.807) is 11.3 Å². The van der Waals surface area contributed by atoms with E-state index < -0.39 is 0 Å². The van der Waals surface area contributed by atoms with Crippen LogP contribution in [0.1, 0.15) is 28.2 Å². The molecule has 2 aromatic heterocycles. The van der Waals surface area contributed by atoms with Crippen molar-refractivity contribution in [2.75, 3.05) is 5.73 Å². The molecule has 1 aromatic carbocycles. The van der Waals surface area contributed by atoms with Gasteiger partial charge in [0.1, 0.15) is 16.5 Å². The maximum Gasteiger partial charge on any atom is 0.136 e. The molecule has 3 nitrogen and oxygen atoms in total. The van der Waals surface area contributed by atoms with Gasteiger partial charge in [-0.1, -0.05) is 34.1 Å². The molecule has 3 aromatic rings. The summed E-state index contributed by atoms with van der Waals surface area (Å²) in [6, 6.07) is 8.16. The van der Waals surface area contributed by atoms with Crippen LogP contribution in [0.15, 0.2) is 28.7 Å². The summed E-state index contributed by atoms with van der Waals surface area (Å²) >= 11 is 5.36. The maximum atomic E-state index is 6.21. The molecule has 4 rings (SSSR count). The molecule has 0 fully saturated rings. The minimum atomic E-state index is 0.640. The van der Waals surface area contributed by atoms with Gasteiger partial charge in [-0.2, -0.15) is 0 Å². The number of benzene rings is 1. The van der Waals surface area contributed by atoms with Crippen LogP contribution in [0.3, 0.4) is 0 Å². The van der Waals surface area contributed by atoms with E-state index in [2.05, 4.69) is 27.0 Å². The van der Waals surface area contributed by atoms with Gasteiger partial charge >= 0.3 is 0 Å². The van der Waals surface area contributed by atoms with E-state index in [1.807, 2.05) is 18.2 Å². The summed E-state index contributed by atoms with van der Waals surface area (Å²) in [5.74, 6) is 1.44. The van der Waals surface area contributed by atoms with Crippen LogP contribution in [0.4, 0.5) is 5.82 Å². The normalized spacial score (nSPS) is 13.8. The van der Waals surface area contributed by atoms with Crippen LogP contribution >= 0.6 is 27.3 Å². The number of anilines is 1. The summed E-state index contributed by atoms with van der Waals surface area (Å²) < 4.78 is 1.08. The monoisotopic (exact) mass is 359 g/mol. The van der Waals surface area contributed by atoms with Crippen LogP contribution in [0, 0.1) is 0 Å². The van der Waals surface area contributed by atoms with Crippen molar-refractivity contribution in [3.8, 4) is 0 Å². The number of hydrogen-bond donors (Lipinski definition) is 1. The summed E-state index contributed by atoms with van der Waals surface area (Å²) in [4.78, 5) is 11.8. The van der Waals surface area contributed by atoms with Crippen molar-refractivity contribution in [1.29, 1.82) is 0 Å². The van der Waals surface area contributed by atoms with Crippen LogP contribution < -0.4 is 5.73 Å². The molecule has 0 saturated carbocycles. The van der Waals surface area contributed by atoms with Gasteiger partial charge in [-0.15, -0.1) is 11.3 Å². The highest BCUT2D eigenvalue weighted by molar-refractivity contribution is 9.10. The first-order valence-electron chi connectivity index (χ1n) is 7.02. The lowest BCUT2D eigenvalue weighted by atomic mass is 10.1. The highest BCUT2D eigenvalue weighted by atomic mass is 79.9. The van der Waals surface area contributed by atoms with Crippen molar-refractivity contribution in [3.05, 3.63) is 50.6 Å². The molecule has 2 N–H and O–H groups in total. The maximum absolute atomic E-state index is 6.21. The molecule has 1 aliphatic carbocycles.